The van der Waals surface area contributed by atoms with Crippen LogP contribution in [0, 0.1) is 6.92 Å². The maximum absolute atomic E-state index is 5.97. The summed E-state index contributed by atoms with van der Waals surface area (Å²) in [6, 6.07) is 32.6. The smallest absolute Gasteiger partial charge is 0.135 e. The maximum atomic E-state index is 5.97. The molecule has 1 aromatic heterocycles. The van der Waals surface area contributed by atoms with Gasteiger partial charge in [-0.25, -0.2) is 0 Å². The summed E-state index contributed by atoms with van der Waals surface area (Å²) in [5, 5.41) is 7.52. The summed E-state index contributed by atoms with van der Waals surface area (Å²) in [5.74, 6) is 0. The molecule has 1 heterocycles. The van der Waals surface area contributed by atoms with E-state index in [2.05, 4.69) is 85.8 Å². The van der Waals surface area contributed by atoms with E-state index in [9.17, 15) is 0 Å². The Morgan fingerprint density at radius 1 is 0.500 bits per heavy atom. The highest BCUT2D eigenvalue weighted by Crippen LogP contribution is 2.34. The molecule has 0 amide bonds. The Morgan fingerprint density at radius 2 is 1.18 bits per heavy atom. The van der Waals surface area contributed by atoms with Crippen molar-refractivity contribution >= 4 is 43.5 Å². The normalized spacial score (nSPS) is 11.8. The zero-order valence-corrected chi connectivity index (χ0v) is 15.6. The number of benzene rings is 5. The fraction of sp³-hybridized carbons (Fsp3) is 0.0370. The van der Waals surface area contributed by atoms with E-state index >= 15 is 0 Å². The van der Waals surface area contributed by atoms with Crippen LogP contribution in [0.2, 0.25) is 0 Å². The lowest BCUT2D eigenvalue weighted by atomic mass is 9.96. The number of hydrogen-bond acceptors (Lipinski definition) is 1. The molecule has 0 spiro atoms. The highest BCUT2D eigenvalue weighted by molar-refractivity contribution is 6.09. The Morgan fingerprint density at radius 3 is 2.07 bits per heavy atom. The van der Waals surface area contributed by atoms with Crippen molar-refractivity contribution < 1.29 is 4.42 Å². The van der Waals surface area contributed by atoms with Gasteiger partial charge < -0.3 is 4.42 Å². The van der Waals surface area contributed by atoms with Gasteiger partial charge in [-0.2, -0.15) is 0 Å². The summed E-state index contributed by atoms with van der Waals surface area (Å²) >= 11 is 0. The first-order chi connectivity index (χ1) is 13.8. The van der Waals surface area contributed by atoms with Gasteiger partial charge in [0, 0.05) is 10.8 Å². The van der Waals surface area contributed by atoms with E-state index in [1.54, 1.807) is 0 Å². The van der Waals surface area contributed by atoms with Gasteiger partial charge in [-0.3, -0.25) is 0 Å². The molecule has 6 aromatic rings. The second-order valence-electron chi connectivity index (χ2n) is 7.54. The Bertz CT molecular complexity index is 1520. The molecule has 0 fully saturated rings. The van der Waals surface area contributed by atoms with E-state index in [0.29, 0.717) is 0 Å². The summed E-state index contributed by atoms with van der Waals surface area (Å²) in [6.07, 6.45) is 0. The van der Waals surface area contributed by atoms with Crippen LogP contribution in [0.25, 0.3) is 54.6 Å². The van der Waals surface area contributed by atoms with Crippen LogP contribution >= 0.6 is 0 Å². The van der Waals surface area contributed by atoms with Gasteiger partial charge in [-0.1, -0.05) is 72.3 Å². The number of rotatable bonds is 1. The fourth-order valence-electron chi connectivity index (χ4n) is 4.28. The van der Waals surface area contributed by atoms with Crippen molar-refractivity contribution in [2.45, 2.75) is 6.92 Å². The van der Waals surface area contributed by atoms with E-state index in [1.165, 1.54) is 49.0 Å². The molecule has 5 aromatic carbocycles. The largest absolute Gasteiger partial charge is 0.456 e. The molecule has 0 N–H and O–H groups in total. The summed E-state index contributed by atoms with van der Waals surface area (Å²) in [6.45, 7) is 2.14. The molecular weight excluding hydrogens is 340 g/mol. The fourth-order valence-corrected chi connectivity index (χ4v) is 4.28. The molecule has 1 nitrogen and oxygen atoms in total. The lowest BCUT2D eigenvalue weighted by molar-refractivity contribution is 0.669. The molecular formula is C27H18O. The zero-order chi connectivity index (χ0) is 18.7. The van der Waals surface area contributed by atoms with Crippen molar-refractivity contribution in [1.29, 1.82) is 0 Å². The van der Waals surface area contributed by atoms with Gasteiger partial charge in [-0.05, 0) is 63.9 Å². The van der Waals surface area contributed by atoms with Crippen LogP contribution in [0.4, 0.5) is 0 Å². The van der Waals surface area contributed by atoms with Gasteiger partial charge in [0.1, 0.15) is 11.2 Å². The molecule has 0 atom stereocenters. The second-order valence-corrected chi connectivity index (χ2v) is 7.54. The maximum Gasteiger partial charge on any atom is 0.135 e. The van der Waals surface area contributed by atoms with E-state index in [-0.39, 0.29) is 0 Å². The topological polar surface area (TPSA) is 13.1 Å². The van der Waals surface area contributed by atoms with Gasteiger partial charge >= 0.3 is 0 Å². The standard InChI is InChI=1S/C27H18O/c1-17-6-11-22-20(14-17)7-8-21-15-18(9-12-23(21)22)19-10-13-27-25(16-19)24-4-2-3-5-26(24)28-27/h2-16H,1H3. The van der Waals surface area contributed by atoms with Crippen LogP contribution in [-0.4, -0.2) is 0 Å². The summed E-state index contributed by atoms with van der Waals surface area (Å²) < 4.78 is 5.97. The quantitative estimate of drug-likeness (QED) is 0.273. The summed E-state index contributed by atoms with van der Waals surface area (Å²) in [4.78, 5) is 0. The van der Waals surface area contributed by atoms with Crippen molar-refractivity contribution in [2.75, 3.05) is 0 Å². The Kier molecular flexibility index (Phi) is 3.15. The summed E-state index contributed by atoms with van der Waals surface area (Å²) in [7, 11) is 0. The van der Waals surface area contributed by atoms with Crippen LogP contribution in [0.3, 0.4) is 0 Å². The van der Waals surface area contributed by atoms with E-state index in [4.69, 9.17) is 4.42 Å². The van der Waals surface area contributed by atoms with Crippen molar-refractivity contribution in [2.24, 2.45) is 0 Å². The highest BCUT2D eigenvalue weighted by Gasteiger charge is 2.09. The molecule has 0 saturated carbocycles. The van der Waals surface area contributed by atoms with Gasteiger partial charge in [0.25, 0.3) is 0 Å². The molecule has 132 valence electrons. The molecule has 0 unspecified atom stereocenters. The Labute approximate surface area is 162 Å². The molecule has 0 saturated heterocycles. The van der Waals surface area contributed by atoms with Gasteiger partial charge in [0.2, 0.25) is 0 Å². The van der Waals surface area contributed by atoms with Gasteiger partial charge in [-0.15, -0.1) is 0 Å². The molecule has 28 heavy (non-hydrogen) atoms. The van der Waals surface area contributed by atoms with E-state index < -0.39 is 0 Å². The third-order valence-corrected chi connectivity index (χ3v) is 5.70. The minimum absolute atomic E-state index is 0.937. The monoisotopic (exact) mass is 358 g/mol. The predicted octanol–water partition coefficient (Wildman–Crippen LogP) is 7.87. The molecule has 0 aliphatic carbocycles. The molecule has 1 heteroatoms. The van der Waals surface area contributed by atoms with Gasteiger partial charge in [0.05, 0.1) is 0 Å². The molecule has 0 aliphatic heterocycles. The third-order valence-electron chi connectivity index (χ3n) is 5.70. The third kappa shape index (κ3) is 2.26. The van der Waals surface area contributed by atoms with Crippen molar-refractivity contribution in [3.63, 3.8) is 0 Å². The first kappa shape index (κ1) is 15.5. The lowest BCUT2D eigenvalue weighted by Gasteiger charge is -2.08. The molecule has 0 aliphatic rings. The summed E-state index contributed by atoms with van der Waals surface area (Å²) in [5.41, 5.74) is 5.61. The Hall–Kier alpha value is -3.58. The zero-order valence-electron chi connectivity index (χ0n) is 15.6. The average molecular weight is 358 g/mol. The first-order valence-electron chi connectivity index (χ1n) is 9.61. The van der Waals surface area contributed by atoms with Crippen LogP contribution in [0.1, 0.15) is 5.56 Å². The average Bonchev–Trinajstić information content (AvgIpc) is 3.11. The molecule has 6 rings (SSSR count). The number of aryl methyl sites for hydroxylation is 1. The molecule has 0 radical (unpaired) electrons. The number of hydrogen-bond donors (Lipinski definition) is 0. The van der Waals surface area contributed by atoms with E-state index in [1.807, 2.05) is 12.1 Å². The van der Waals surface area contributed by atoms with Crippen LogP contribution in [0.15, 0.2) is 95.4 Å². The molecule has 0 bridgehead atoms. The van der Waals surface area contributed by atoms with Crippen molar-refractivity contribution in [1.82, 2.24) is 0 Å². The number of fused-ring (bicyclic) bond motifs is 6. The van der Waals surface area contributed by atoms with Crippen molar-refractivity contribution in [3.05, 3.63) is 96.6 Å². The van der Waals surface area contributed by atoms with Gasteiger partial charge in [0.15, 0.2) is 0 Å². The van der Waals surface area contributed by atoms with E-state index in [0.717, 1.165) is 11.2 Å². The SMILES string of the molecule is Cc1ccc2c(ccc3cc(-c4ccc5oc6ccccc6c5c4)ccc32)c1. The number of furan rings is 1. The minimum Gasteiger partial charge on any atom is -0.456 e. The minimum atomic E-state index is 0.937. The van der Waals surface area contributed by atoms with Crippen LogP contribution < -0.4 is 0 Å². The predicted molar refractivity (Wildman–Crippen MR) is 119 cm³/mol. The Balaban J connectivity index is 1.56. The first-order valence-corrected chi connectivity index (χ1v) is 9.61. The second kappa shape index (κ2) is 5.71. The highest BCUT2D eigenvalue weighted by atomic mass is 16.3. The number of para-hydroxylation sites is 1. The van der Waals surface area contributed by atoms with Crippen molar-refractivity contribution in [3.8, 4) is 11.1 Å². The van der Waals surface area contributed by atoms with Crippen LogP contribution in [0.5, 0.6) is 0 Å². The lowest BCUT2D eigenvalue weighted by Crippen LogP contribution is -1.82. The van der Waals surface area contributed by atoms with Crippen LogP contribution in [-0.2, 0) is 0 Å².